The third-order valence-corrected chi connectivity index (χ3v) is 2.72. The van der Waals surface area contributed by atoms with Gasteiger partial charge in [-0.3, -0.25) is 4.79 Å². The molecule has 0 saturated heterocycles. The molecule has 0 amide bonds. The third kappa shape index (κ3) is 4.13. The van der Waals surface area contributed by atoms with Crippen LogP contribution in [0.2, 0.25) is 0 Å². The molecule has 19 heavy (non-hydrogen) atoms. The summed E-state index contributed by atoms with van der Waals surface area (Å²) in [5, 5.41) is 3.08. The summed E-state index contributed by atoms with van der Waals surface area (Å²) >= 11 is 0. The Morgan fingerprint density at radius 2 is 2.11 bits per heavy atom. The van der Waals surface area contributed by atoms with E-state index in [2.05, 4.69) is 10.1 Å². The van der Waals surface area contributed by atoms with Crippen molar-refractivity contribution in [1.82, 2.24) is 5.32 Å². The zero-order valence-corrected chi connectivity index (χ0v) is 11.9. The molecule has 0 aliphatic heterocycles. The first kappa shape index (κ1) is 15.3. The Kier molecular flexibility index (Phi) is 6.15. The van der Waals surface area contributed by atoms with Crippen molar-refractivity contribution in [3.63, 3.8) is 0 Å². The number of methoxy groups -OCH3 is 2. The van der Waals surface area contributed by atoms with Crippen LogP contribution in [0.3, 0.4) is 0 Å². The van der Waals surface area contributed by atoms with Crippen molar-refractivity contribution in [3.05, 3.63) is 23.8 Å². The van der Waals surface area contributed by atoms with Crippen LogP contribution in [0.1, 0.15) is 19.4 Å². The maximum atomic E-state index is 11.3. The highest BCUT2D eigenvalue weighted by molar-refractivity contribution is 5.75. The van der Waals surface area contributed by atoms with E-state index in [1.165, 1.54) is 7.11 Å². The van der Waals surface area contributed by atoms with Crippen molar-refractivity contribution in [3.8, 4) is 11.5 Å². The van der Waals surface area contributed by atoms with Crippen LogP contribution in [0.4, 0.5) is 0 Å². The molecule has 0 bridgehead atoms. The fraction of sp³-hybridized carbons (Fsp3) is 0.500. The molecule has 0 aromatic heterocycles. The topological polar surface area (TPSA) is 56.8 Å². The number of nitrogens with one attached hydrogen (secondary N) is 1. The first-order valence-corrected chi connectivity index (χ1v) is 6.23. The number of carbonyl (C=O) groups excluding carboxylic acids is 1. The summed E-state index contributed by atoms with van der Waals surface area (Å²) in [6, 6.07) is 5.31. The summed E-state index contributed by atoms with van der Waals surface area (Å²) in [5.74, 6) is 1.10. The predicted molar refractivity (Wildman–Crippen MR) is 72.5 cm³/mol. The van der Waals surface area contributed by atoms with Crippen LogP contribution in [-0.2, 0) is 16.1 Å². The predicted octanol–water partition coefficient (Wildman–Crippen LogP) is 1.74. The Hall–Kier alpha value is -1.75. The van der Waals surface area contributed by atoms with Crippen LogP contribution in [-0.4, -0.2) is 32.8 Å². The smallest absolute Gasteiger partial charge is 0.322 e. The quantitative estimate of drug-likeness (QED) is 0.763. The lowest BCUT2D eigenvalue weighted by molar-refractivity contribution is -0.142. The summed E-state index contributed by atoms with van der Waals surface area (Å²) in [6.07, 6.45) is 0. The second-order valence-electron chi connectivity index (χ2n) is 4.01. The Balaban J connectivity index is 2.77. The van der Waals surface area contributed by atoms with Gasteiger partial charge in [0.15, 0.2) is 11.5 Å². The van der Waals surface area contributed by atoms with Gasteiger partial charge in [-0.25, -0.2) is 0 Å². The standard InChI is InChI=1S/C14H21NO4/c1-5-19-12-8-6-7-11(13(12)17-3)9-15-10(2)14(16)18-4/h6-8,10,15H,5,9H2,1-4H3/t10-/m0/s1. The number of para-hydroxylation sites is 1. The van der Waals surface area contributed by atoms with E-state index in [0.29, 0.717) is 24.7 Å². The molecule has 0 fully saturated rings. The van der Waals surface area contributed by atoms with Crippen molar-refractivity contribution in [2.24, 2.45) is 0 Å². The van der Waals surface area contributed by atoms with E-state index >= 15 is 0 Å². The van der Waals surface area contributed by atoms with E-state index in [0.717, 1.165) is 5.56 Å². The molecule has 5 nitrogen and oxygen atoms in total. The van der Waals surface area contributed by atoms with Crippen molar-refractivity contribution >= 4 is 5.97 Å². The second kappa shape index (κ2) is 7.63. The fourth-order valence-corrected chi connectivity index (χ4v) is 1.72. The van der Waals surface area contributed by atoms with E-state index in [-0.39, 0.29) is 12.0 Å². The Morgan fingerprint density at radius 3 is 2.68 bits per heavy atom. The number of rotatable bonds is 7. The molecular weight excluding hydrogens is 246 g/mol. The van der Waals surface area contributed by atoms with Gasteiger partial charge in [-0.2, -0.15) is 0 Å². The van der Waals surface area contributed by atoms with Crippen LogP contribution in [0.15, 0.2) is 18.2 Å². The van der Waals surface area contributed by atoms with E-state index in [9.17, 15) is 4.79 Å². The number of carbonyl (C=O) groups is 1. The van der Waals surface area contributed by atoms with Crippen molar-refractivity contribution in [2.75, 3.05) is 20.8 Å². The van der Waals surface area contributed by atoms with Crippen LogP contribution in [0.5, 0.6) is 11.5 Å². The summed E-state index contributed by atoms with van der Waals surface area (Å²) in [7, 11) is 2.97. The van der Waals surface area contributed by atoms with Gasteiger partial charge in [0.1, 0.15) is 6.04 Å². The molecule has 0 saturated carbocycles. The van der Waals surface area contributed by atoms with Gasteiger partial charge in [-0.1, -0.05) is 12.1 Å². The molecule has 0 unspecified atom stereocenters. The molecule has 106 valence electrons. The lowest BCUT2D eigenvalue weighted by Crippen LogP contribution is -2.34. The molecule has 0 heterocycles. The first-order chi connectivity index (χ1) is 9.13. The van der Waals surface area contributed by atoms with Crippen molar-refractivity contribution in [1.29, 1.82) is 0 Å². The number of ether oxygens (including phenoxy) is 3. The van der Waals surface area contributed by atoms with Gasteiger partial charge in [-0.05, 0) is 19.9 Å². The molecule has 0 aliphatic rings. The van der Waals surface area contributed by atoms with E-state index in [4.69, 9.17) is 9.47 Å². The SMILES string of the molecule is CCOc1cccc(CN[C@@H](C)C(=O)OC)c1OC. The minimum absolute atomic E-state index is 0.292. The first-order valence-electron chi connectivity index (χ1n) is 6.23. The summed E-state index contributed by atoms with van der Waals surface area (Å²) < 4.78 is 15.5. The highest BCUT2D eigenvalue weighted by Crippen LogP contribution is 2.30. The largest absolute Gasteiger partial charge is 0.493 e. The van der Waals surface area contributed by atoms with Gasteiger partial charge in [0.05, 0.1) is 20.8 Å². The van der Waals surface area contributed by atoms with Gasteiger partial charge in [-0.15, -0.1) is 0 Å². The summed E-state index contributed by atoms with van der Waals surface area (Å²) in [4.78, 5) is 11.3. The number of benzene rings is 1. The maximum absolute atomic E-state index is 11.3. The zero-order valence-electron chi connectivity index (χ0n) is 11.9. The molecule has 1 N–H and O–H groups in total. The fourth-order valence-electron chi connectivity index (χ4n) is 1.72. The lowest BCUT2D eigenvalue weighted by Gasteiger charge is -2.16. The summed E-state index contributed by atoms with van der Waals surface area (Å²) in [5.41, 5.74) is 0.934. The van der Waals surface area contributed by atoms with Gasteiger partial charge < -0.3 is 19.5 Å². The van der Waals surface area contributed by atoms with Gasteiger partial charge in [0.25, 0.3) is 0 Å². The molecule has 0 spiro atoms. The summed E-state index contributed by atoms with van der Waals surface area (Å²) in [6.45, 7) is 4.75. The molecule has 1 aromatic rings. The zero-order chi connectivity index (χ0) is 14.3. The number of hydrogen-bond donors (Lipinski definition) is 1. The van der Waals surface area contributed by atoms with Gasteiger partial charge in [0.2, 0.25) is 0 Å². The van der Waals surface area contributed by atoms with Crippen molar-refractivity contribution < 1.29 is 19.0 Å². The third-order valence-electron chi connectivity index (χ3n) is 2.72. The Labute approximate surface area is 113 Å². The van der Waals surface area contributed by atoms with Gasteiger partial charge in [0, 0.05) is 12.1 Å². The van der Waals surface area contributed by atoms with Crippen LogP contribution in [0, 0.1) is 0 Å². The lowest BCUT2D eigenvalue weighted by atomic mass is 10.1. The average molecular weight is 267 g/mol. The van der Waals surface area contributed by atoms with Gasteiger partial charge >= 0.3 is 5.97 Å². The second-order valence-corrected chi connectivity index (χ2v) is 4.01. The normalized spacial score (nSPS) is 11.8. The van der Waals surface area contributed by atoms with E-state index in [1.54, 1.807) is 14.0 Å². The molecule has 1 rings (SSSR count). The maximum Gasteiger partial charge on any atom is 0.322 e. The van der Waals surface area contributed by atoms with Crippen molar-refractivity contribution in [2.45, 2.75) is 26.4 Å². The van der Waals surface area contributed by atoms with E-state index in [1.807, 2.05) is 25.1 Å². The molecule has 1 aromatic carbocycles. The van der Waals surface area contributed by atoms with E-state index < -0.39 is 0 Å². The molecule has 0 aliphatic carbocycles. The molecule has 1 atom stereocenters. The minimum Gasteiger partial charge on any atom is -0.493 e. The highest BCUT2D eigenvalue weighted by Gasteiger charge is 2.14. The minimum atomic E-state index is -0.370. The molecule has 0 radical (unpaired) electrons. The Bertz CT molecular complexity index is 420. The molecular formula is C14H21NO4. The number of hydrogen-bond acceptors (Lipinski definition) is 5. The van der Waals surface area contributed by atoms with Crippen LogP contribution in [0.25, 0.3) is 0 Å². The van der Waals surface area contributed by atoms with Crippen LogP contribution < -0.4 is 14.8 Å². The molecule has 5 heteroatoms. The highest BCUT2D eigenvalue weighted by atomic mass is 16.5. The van der Waals surface area contributed by atoms with Crippen LogP contribution >= 0.6 is 0 Å². The average Bonchev–Trinajstić information content (AvgIpc) is 2.44. The monoisotopic (exact) mass is 267 g/mol. The Morgan fingerprint density at radius 1 is 1.37 bits per heavy atom. The number of esters is 1.